The number of nitriles is 1. The number of nitrogens with zero attached hydrogens (tertiary/aromatic N) is 4. The first-order chi connectivity index (χ1) is 11.0. The van der Waals surface area contributed by atoms with E-state index in [0.717, 1.165) is 5.69 Å². The van der Waals surface area contributed by atoms with Crippen LogP contribution in [0.15, 0.2) is 41.6 Å². The molecule has 4 N–H and O–H groups in total. The minimum atomic E-state index is -0.510. The van der Waals surface area contributed by atoms with Gasteiger partial charge in [0.25, 0.3) is 0 Å². The lowest BCUT2D eigenvalue weighted by Crippen LogP contribution is -2.21. The van der Waals surface area contributed by atoms with Gasteiger partial charge in [-0.05, 0) is 30.3 Å². The first-order valence-electron chi connectivity index (χ1n) is 6.37. The SMILES string of the molecule is COC(=O)c1ccn(-c2ccc(N/N=C(\C#N)C(=N)N)cc2)n1. The third kappa shape index (κ3) is 3.70. The number of nitrogens with two attached hydrogens (primary N) is 1. The molecule has 0 amide bonds. The second-order valence-electron chi connectivity index (χ2n) is 4.28. The third-order valence-corrected chi connectivity index (χ3v) is 2.77. The number of hydrogen-bond acceptors (Lipinski definition) is 7. The molecule has 0 atom stereocenters. The van der Waals surface area contributed by atoms with E-state index in [2.05, 4.69) is 20.4 Å². The smallest absolute Gasteiger partial charge is 0.358 e. The van der Waals surface area contributed by atoms with E-state index in [-0.39, 0.29) is 11.4 Å². The van der Waals surface area contributed by atoms with Crippen molar-refractivity contribution in [1.29, 1.82) is 10.7 Å². The second kappa shape index (κ2) is 6.86. The van der Waals surface area contributed by atoms with Crippen molar-refractivity contribution in [1.82, 2.24) is 9.78 Å². The number of rotatable bonds is 5. The molecule has 0 aliphatic carbocycles. The summed E-state index contributed by atoms with van der Waals surface area (Å²) in [6.07, 6.45) is 1.64. The summed E-state index contributed by atoms with van der Waals surface area (Å²) in [5.74, 6) is -0.923. The molecule has 2 rings (SSSR count). The normalized spacial score (nSPS) is 10.7. The van der Waals surface area contributed by atoms with Gasteiger partial charge in [-0.3, -0.25) is 10.8 Å². The Balaban J connectivity index is 2.14. The zero-order valence-electron chi connectivity index (χ0n) is 12.1. The van der Waals surface area contributed by atoms with Crippen molar-refractivity contribution in [2.75, 3.05) is 12.5 Å². The average molecular weight is 311 g/mol. The fourth-order valence-electron chi connectivity index (χ4n) is 1.64. The first kappa shape index (κ1) is 15.7. The lowest BCUT2D eigenvalue weighted by molar-refractivity contribution is 0.0593. The van der Waals surface area contributed by atoms with Crippen LogP contribution in [0, 0.1) is 16.7 Å². The molecule has 9 nitrogen and oxygen atoms in total. The molecule has 1 aromatic carbocycles. The summed E-state index contributed by atoms with van der Waals surface area (Å²) >= 11 is 0. The molecule has 116 valence electrons. The lowest BCUT2D eigenvalue weighted by Gasteiger charge is -2.04. The fraction of sp³-hybridized carbons (Fsp3) is 0.0714. The number of amidine groups is 1. The average Bonchev–Trinajstić information content (AvgIpc) is 3.05. The van der Waals surface area contributed by atoms with Gasteiger partial charge in [0.2, 0.25) is 5.71 Å². The van der Waals surface area contributed by atoms with Crippen LogP contribution < -0.4 is 11.2 Å². The Morgan fingerprint density at radius 3 is 2.70 bits per heavy atom. The molecule has 23 heavy (non-hydrogen) atoms. The highest BCUT2D eigenvalue weighted by atomic mass is 16.5. The predicted molar refractivity (Wildman–Crippen MR) is 83.5 cm³/mol. The highest BCUT2D eigenvalue weighted by Crippen LogP contribution is 2.13. The molecular formula is C14H13N7O2. The van der Waals surface area contributed by atoms with Crippen LogP contribution in [0.4, 0.5) is 5.69 Å². The molecule has 9 heteroatoms. The Labute approximate surface area is 131 Å². The van der Waals surface area contributed by atoms with Crippen LogP contribution in [-0.4, -0.2) is 34.4 Å². The number of aromatic nitrogens is 2. The molecule has 0 bridgehead atoms. The van der Waals surface area contributed by atoms with Crippen molar-refractivity contribution in [3.63, 3.8) is 0 Å². The molecule has 0 aliphatic heterocycles. The van der Waals surface area contributed by atoms with Crippen LogP contribution in [0.5, 0.6) is 0 Å². The van der Waals surface area contributed by atoms with Crippen LogP contribution in [0.1, 0.15) is 10.5 Å². The van der Waals surface area contributed by atoms with Gasteiger partial charge in [0.05, 0.1) is 18.5 Å². The topological polar surface area (TPSA) is 142 Å². The minimum Gasteiger partial charge on any atom is -0.464 e. The summed E-state index contributed by atoms with van der Waals surface area (Å²) in [7, 11) is 1.29. The summed E-state index contributed by atoms with van der Waals surface area (Å²) in [6, 6.07) is 10.1. The Kier molecular flexibility index (Phi) is 4.69. The molecule has 1 heterocycles. The molecule has 1 aromatic heterocycles. The number of esters is 1. The van der Waals surface area contributed by atoms with E-state index in [1.54, 1.807) is 42.6 Å². The number of carbonyl (C=O) groups excluding carboxylic acids is 1. The van der Waals surface area contributed by atoms with Crippen LogP contribution in [-0.2, 0) is 4.74 Å². The molecule has 0 fully saturated rings. The Morgan fingerprint density at radius 2 is 2.13 bits per heavy atom. The largest absolute Gasteiger partial charge is 0.464 e. The van der Waals surface area contributed by atoms with Crippen molar-refractivity contribution >= 4 is 23.2 Å². The van der Waals surface area contributed by atoms with E-state index in [4.69, 9.17) is 16.4 Å². The summed E-state index contributed by atoms with van der Waals surface area (Å²) in [5, 5.41) is 23.7. The van der Waals surface area contributed by atoms with Gasteiger partial charge in [-0.15, -0.1) is 0 Å². The maximum absolute atomic E-state index is 11.4. The predicted octanol–water partition coefficient (Wildman–Crippen LogP) is 0.886. The number of benzene rings is 1. The highest BCUT2D eigenvalue weighted by molar-refractivity contribution is 6.45. The number of hydrogen-bond donors (Lipinski definition) is 3. The number of hydrazone groups is 1. The molecule has 0 aliphatic rings. The molecule has 0 unspecified atom stereocenters. The maximum Gasteiger partial charge on any atom is 0.358 e. The summed E-state index contributed by atoms with van der Waals surface area (Å²) in [5.41, 5.74) is 9.15. The minimum absolute atomic E-state index is 0.205. The van der Waals surface area contributed by atoms with Gasteiger partial charge in [-0.1, -0.05) is 0 Å². The van der Waals surface area contributed by atoms with E-state index in [1.807, 2.05) is 0 Å². The Morgan fingerprint density at radius 1 is 1.43 bits per heavy atom. The Hall–Kier alpha value is -3.67. The van der Waals surface area contributed by atoms with Gasteiger partial charge >= 0.3 is 5.97 Å². The Bertz CT molecular complexity index is 799. The maximum atomic E-state index is 11.4. The zero-order valence-corrected chi connectivity index (χ0v) is 12.1. The zero-order chi connectivity index (χ0) is 16.8. The van der Waals surface area contributed by atoms with E-state index < -0.39 is 11.8 Å². The second-order valence-corrected chi connectivity index (χ2v) is 4.28. The van der Waals surface area contributed by atoms with E-state index in [1.165, 1.54) is 11.8 Å². The molecule has 2 aromatic rings. The number of methoxy groups -OCH3 is 1. The van der Waals surface area contributed by atoms with Gasteiger partial charge in [-0.25, -0.2) is 9.48 Å². The van der Waals surface area contributed by atoms with E-state index in [0.29, 0.717) is 5.69 Å². The molecule has 0 radical (unpaired) electrons. The third-order valence-electron chi connectivity index (χ3n) is 2.77. The van der Waals surface area contributed by atoms with Gasteiger partial charge in [0, 0.05) is 6.20 Å². The van der Waals surface area contributed by atoms with E-state index in [9.17, 15) is 4.79 Å². The van der Waals surface area contributed by atoms with Crippen molar-refractivity contribution < 1.29 is 9.53 Å². The highest BCUT2D eigenvalue weighted by Gasteiger charge is 2.09. The standard InChI is InChI=1S/C14H13N7O2/c1-23-14(22)11-6-7-21(20-11)10-4-2-9(3-5-10)18-19-12(8-15)13(16)17/h2-7,18H,1H3,(H3,16,17)/b19-12+. The van der Waals surface area contributed by atoms with Gasteiger partial charge in [-0.2, -0.15) is 15.5 Å². The monoisotopic (exact) mass is 311 g/mol. The van der Waals surface area contributed by atoms with Gasteiger partial charge in [0.1, 0.15) is 6.07 Å². The quantitative estimate of drug-likeness (QED) is 0.324. The molecule has 0 saturated carbocycles. The van der Waals surface area contributed by atoms with E-state index >= 15 is 0 Å². The molecular weight excluding hydrogens is 298 g/mol. The van der Waals surface area contributed by atoms with Crippen LogP contribution in [0.2, 0.25) is 0 Å². The van der Waals surface area contributed by atoms with Gasteiger partial charge < -0.3 is 10.5 Å². The fourth-order valence-corrected chi connectivity index (χ4v) is 1.64. The van der Waals surface area contributed by atoms with Crippen molar-refractivity contribution in [2.45, 2.75) is 0 Å². The number of anilines is 1. The summed E-state index contributed by atoms with van der Waals surface area (Å²) < 4.78 is 6.12. The van der Waals surface area contributed by atoms with Gasteiger partial charge in [0.15, 0.2) is 11.5 Å². The summed E-state index contributed by atoms with van der Waals surface area (Å²) in [4.78, 5) is 11.4. The number of nitrogens with one attached hydrogen (secondary N) is 2. The lowest BCUT2D eigenvalue weighted by atomic mass is 10.3. The molecule has 0 spiro atoms. The van der Waals surface area contributed by atoms with Crippen molar-refractivity contribution in [3.8, 4) is 11.8 Å². The van der Waals surface area contributed by atoms with Crippen molar-refractivity contribution in [3.05, 3.63) is 42.2 Å². The van der Waals surface area contributed by atoms with Crippen LogP contribution in [0.3, 0.4) is 0 Å². The summed E-state index contributed by atoms with van der Waals surface area (Å²) in [6.45, 7) is 0. The first-order valence-corrected chi connectivity index (χ1v) is 6.37. The van der Waals surface area contributed by atoms with Crippen LogP contribution >= 0.6 is 0 Å². The van der Waals surface area contributed by atoms with Crippen LogP contribution in [0.25, 0.3) is 5.69 Å². The molecule has 0 saturated heterocycles. The number of ether oxygens (including phenoxy) is 1. The van der Waals surface area contributed by atoms with Crippen molar-refractivity contribution in [2.24, 2.45) is 10.8 Å². The number of carbonyl (C=O) groups is 1.